The molecule has 23 heavy (non-hydrogen) atoms. The molecule has 1 aliphatic heterocycles. The van der Waals surface area contributed by atoms with Crippen molar-refractivity contribution < 1.29 is 20.1 Å². The van der Waals surface area contributed by atoms with Crippen LogP contribution in [0.25, 0.3) is 0 Å². The summed E-state index contributed by atoms with van der Waals surface area (Å²) in [5.74, 6) is 5.11. The lowest BCUT2D eigenvalue weighted by Gasteiger charge is -2.20. The Morgan fingerprint density at radius 3 is 2.61 bits per heavy atom. The van der Waals surface area contributed by atoms with Crippen LogP contribution < -0.4 is 10.6 Å². The van der Waals surface area contributed by atoms with E-state index < -0.39 is 30.2 Å². The minimum atomic E-state index is -1.09. The molecule has 0 bridgehead atoms. The number of hydrogen-bond donors (Lipinski definition) is 5. The highest BCUT2D eigenvalue weighted by atomic mass is 16.3. The summed E-state index contributed by atoms with van der Waals surface area (Å²) in [6, 6.07) is 8.15. The Morgan fingerprint density at radius 2 is 2.00 bits per heavy atom. The van der Waals surface area contributed by atoms with Crippen molar-refractivity contribution in [2.75, 3.05) is 13.7 Å². The first-order valence-electron chi connectivity index (χ1n) is 7.57. The van der Waals surface area contributed by atoms with E-state index in [1.54, 1.807) is 0 Å². The van der Waals surface area contributed by atoms with Crippen LogP contribution in [-0.4, -0.2) is 59.2 Å². The fourth-order valence-electron chi connectivity index (χ4n) is 2.68. The molecule has 0 radical (unpaired) electrons. The first-order valence-corrected chi connectivity index (χ1v) is 7.57. The Balaban J connectivity index is 2.09. The van der Waals surface area contributed by atoms with Crippen LogP contribution in [0.15, 0.2) is 30.3 Å². The van der Waals surface area contributed by atoms with Crippen molar-refractivity contribution >= 4 is 5.91 Å². The summed E-state index contributed by atoms with van der Waals surface area (Å²) in [4.78, 5) is 11.5. The van der Waals surface area contributed by atoms with Gasteiger partial charge in [-0.1, -0.05) is 30.0 Å². The van der Waals surface area contributed by atoms with E-state index in [1.165, 1.54) is 7.05 Å². The zero-order chi connectivity index (χ0) is 16.8. The SMILES string of the molecule is CNC(=O)C[C@H]1N[C@H](C(C#Cc2ccccc2)CO)[C@@H](O)[C@@H]1O. The monoisotopic (exact) mass is 318 g/mol. The molecule has 1 aliphatic rings. The molecule has 1 saturated heterocycles. The molecule has 0 spiro atoms. The quantitative estimate of drug-likeness (QED) is 0.451. The van der Waals surface area contributed by atoms with Crippen LogP contribution in [0.4, 0.5) is 0 Å². The molecule has 5 atom stereocenters. The van der Waals surface area contributed by atoms with Crippen molar-refractivity contribution in [2.24, 2.45) is 5.92 Å². The third-order valence-corrected chi connectivity index (χ3v) is 4.03. The third kappa shape index (κ3) is 4.30. The summed E-state index contributed by atoms with van der Waals surface area (Å²) in [5, 5.41) is 35.3. The number of benzene rings is 1. The van der Waals surface area contributed by atoms with Crippen LogP contribution in [0.2, 0.25) is 0 Å². The number of rotatable bonds is 4. The Morgan fingerprint density at radius 1 is 1.30 bits per heavy atom. The van der Waals surface area contributed by atoms with E-state index in [4.69, 9.17) is 0 Å². The minimum Gasteiger partial charge on any atom is -0.395 e. The molecule has 5 N–H and O–H groups in total. The van der Waals surface area contributed by atoms with Gasteiger partial charge in [-0.25, -0.2) is 0 Å². The Bertz CT molecular complexity index is 581. The summed E-state index contributed by atoms with van der Waals surface area (Å²) in [5.41, 5.74) is 0.806. The van der Waals surface area contributed by atoms with E-state index in [1.807, 2.05) is 30.3 Å². The first-order chi connectivity index (χ1) is 11.1. The normalized spacial score (nSPS) is 27.8. The standard InChI is InChI=1S/C17H22N2O4/c1-18-14(21)9-13-16(22)17(23)15(19-13)12(10-20)8-7-11-5-3-2-4-6-11/h2-6,12-13,15-17,19-20,22-23H,9-10H2,1H3,(H,18,21)/t12?,13-,15-,16-,17-/m1/s1. The number of aliphatic hydroxyl groups is 3. The fraction of sp³-hybridized carbons (Fsp3) is 0.471. The van der Waals surface area contributed by atoms with Crippen LogP contribution in [0.3, 0.4) is 0 Å². The minimum absolute atomic E-state index is 0.0511. The van der Waals surface area contributed by atoms with Crippen molar-refractivity contribution in [2.45, 2.75) is 30.7 Å². The van der Waals surface area contributed by atoms with Gasteiger partial charge in [0, 0.05) is 25.1 Å². The number of carbonyl (C=O) groups is 1. The zero-order valence-electron chi connectivity index (χ0n) is 12.9. The van der Waals surface area contributed by atoms with Crippen LogP contribution in [0.1, 0.15) is 12.0 Å². The number of nitrogens with one attached hydrogen (secondary N) is 2. The predicted octanol–water partition coefficient (Wildman–Crippen LogP) is -1.16. The highest BCUT2D eigenvalue weighted by molar-refractivity contribution is 5.76. The molecular weight excluding hydrogens is 296 g/mol. The van der Waals surface area contributed by atoms with Gasteiger partial charge in [-0.2, -0.15) is 0 Å². The molecule has 6 nitrogen and oxygen atoms in total. The van der Waals surface area contributed by atoms with E-state index in [9.17, 15) is 20.1 Å². The lowest BCUT2D eigenvalue weighted by Crippen LogP contribution is -2.42. The second-order valence-electron chi connectivity index (χ2n) is 5.58. The average Bonchev–Trinajstić information content (AvgIpc) is 2.85. The van der Waals surface area contributed by atoms with Crippen LogP contribution in [-0.2, 0) is 4.79 Å². The Labute approximate surface area is 135 Å². The van der Waals surface area contributed by atoms with Crippen molar-refractivity contribution in [3.8, 4) is 11.8 Å². The summed E-state index contributed by atoms with van der Waals surface area (Å²) in [7, 11) is 1.51. The summed E-state index contributed by atoms with van der Waals surface area (Å²) < 4.78 is 0. The second kappa shape index (κ2) is 8.09. The van der Waals surface area contributed by atoms with E-state index in [2.05, 4.69) is 22.5 Å². The van der Waals surface area contributed by atoms with Gasteiger partial charge in [-0.15, -0.1) is 0 Å². The van der Waals surface area contributed by atoms with E-state index in [-0.39, 0.29) is 18.9 Å². The maximum Gasteiger partial charge on any atom is 0.221 e. The van der Waals surface area contributed by atoms with E-state index in [0.29, 0.717) is 0 Å². The third-order valence-electron chi connectivity index (χ3n) is 4.03. The van der Waals surface area contributed by atoms with Gasteiger partial charge in [0.2, 0.25) is 5.91 Å². The molecule has 0 aromatic heterocycles. The molecule has 0 saturated carbocycles. The van der Waals surface area contributed by atoms with Gasteiger partial charge in [0.25, 0.3) is 0 Å². The number of hydrogen-bond acceptors (Lipinski definition) is 5. The zero-order valence-corrected chi connectivity index (χ0v) is 12.9. The molecule has 1 amide bonds. The van der Waals surface area contributed by atoms with Gasteiger partial charge < -0.3 is 26.0 Å². The molecule has 1 heterocycles. The Hall–Kier alpha value is -1.91. The van der Waals surface area contributed by atoms with Crippen LogP contribution >= 0.6 is 0 Å². The van der Waals surface area contributed by atoms with Crippen LogP contribution in [0.5, 0.6) is 0 Å². The molecule has 0 aliphatic carbocycles. The average molecular weight is 318 g/mol. The first kappa shape index (κ1) is 17.4. The predicted molar refractivity (Wildman–Crippen MR) is 85.3 cm³/mol. The fourth-order valence-corrected chi connectivity index (χ4v) is 2.68. The van der Waals surface area contributed by atoms with E-state index in [0.717, 1.165) is 5.56 Å². The molecule has 1 unspecified atom stereocenters. The summed E-state index contributed by atoms with van der Waals surface area (Å²) in [6.45, 7) is -0.256. The number of amides is 1. The lowest BCUT2D eigenvalue weighted by molar-refractivity contribution is -0.121. The maximum atomic E-state index is 11.5. The summed E-state index contributed by atoms with van der Waals surface area (Å²) in [6.07, 6.45) is -2.12. The molecule has 1 aromatic rings. The van der Waals surface area contributed by atoms with Gasteiger partial charge in [0.15, 0.2) is 0 Å². The topological polar surface area (TPSA) is 102 Å². The van der Waals surface area contributed by atoms with Gasteiger partial charge in [0.1, 0.15) is 0 Å². The molecule has 1 aromatic carbocycles. The largest absolute Gasteiger partial charge is 0.395 e. The molecular formula is C17H22N2O4. The molecule has 124 valence electrons. The Kier molecular flexibility index (Phi) is 6.13. The lowest BCUT2D eigenvalue weighted by atomic mass is 9.95. The molecule has 1 fully saturated rings. The molecule has 6 heteroatoms. The van der Waals surface area contributed by atoms with Crippen molar-refractivity contribution in [3.63, 3.8) is 0 Å². The van der Waals surface area contributed by atoms with Gasteiger partial charge in [0.05, 0.1) is 30.8 Å². The van der Waals surface area contributed by atoms with Crippen LogP contribution in [0, 0.1) is 17.8 Å². The summed E-state index contributed by atoms with van der Waals surface area (Å²) >= 11 is 0. The van der Waals surface area contributed by atoms with Crippen molar-refractivity contribution in [1.82, 2.24) is 10.6 Å². The van der Waals surface area contributed by atoms with Gasteiger partial charge in [-0.3, -0.25) is 4.79 Å². The second-order valence-corrected chi connectivity index (χ2v) is 5.58. The highest BCUT2D eigenvalue weighted by Gasteiger charge is 2.44. The smallest absolute Gasteiger partial charge is 0.221 e. The van der Waals surface area contributed by atoms with Gasteiger partial charge in [-0.05, 0) is 12.1 Å². The van der Waals surface area contributed by atoms with Gasteiger partial charge >= 0.3 is 0 Å². The molecule has 2 rings (SSSR count). The highest BCUT2D eigenvalue weighted by Crippen LogP contribution is 2.22. The van der Waals surface area contributed by atoms with Crippen molar-refractivity contribution in [1.29, 1.82) is 0 Å². The maximum absolute atomic E-state index is 11.5. The van der Waals surface area contributed by atoms with Crippen molar-refractivity contribution in [3.05, 3.63) is 35.9 Å². The number of carbonyl (C=O) groups excluding carboxylic acids is 1. The van der Waals surface area contributed by atoms with E-state index >= 15 is 0 Å². The number of aliphatic hydroxyl groups excluding tert-OH is 3.